The number of benzene rings is 1. The summed E-state index contributed by atoms with van der Waals surface area (Å²) >= 11 is 0. The number of fused-ring (bicyclic) bond motifs is 1. The molecular formula is C15H18O3. The van der Waals surface area contributed by atoms with Gasteiger partial charge in [0.2, 0.25) is 0 Å². The van der Waals surface area contributed by atoms with Gasteiger partial charge in [-0.2, -0.15) is 0 Å². The molecule has 1 aromatic carbocycles. The summed E-state index contributed by atoms with van der Waals surface area (Å²) < 4.78 is 17.1. The third-order valence-electron chi connectivity index (χ3n) is 4.07. The van der Waals surface area contributed by atoms with Gasteiger partial charge in [-0.1, -0.05) is 18.2 Å². The maximum absolute atomic E-state index is 6.19. The van der Waals surface area contributed by atoms with Crippen LogP contribution in [0.25, 0.3) is 0 Å². The van der Waals surface area contributed by atoms with Gasteiger partial charge in [0, 0.05) is 6.42 Å². The minimum atomic E-state index is 0.255. The van der Waals surface area contributed by atoms with Crippen molar-refractivity contribution in [2.45, 2.75) is 50.1 Å². The maximum Gasteiger partial charge on any atom is 0.127 e. The van der Waals surface area contributed by atoms with Gasteiger partial charge in [0.15, 0.2) is 0 Å². The van der Waals surface area contributed by atoms with Gasteiger partial charge in [-0.15, -0.1) is 0 Å². The molecule has 4 unspecified atom stereocenters. The van der Waals surface area contributed by atoms with Crippen molar-refractivity contribution in [3.8, 4) is 5.75 Å². The average molecular weight is 246 g/mol. The van der Waals surface area contributed by atoms with Crippen molar-refractivity contribution in [1.82, 2.24) is 0 Å². The summed E-state index contributed by atoms with van der Waals surface area (Å²) in [6, 6.07) is 8.33. The molecule has 0 bridgehead atoms. The van der Waals surface area contributed by atoms with Crippen LogP contribution in [0.3, 0.4) is 0 Å². The molecule has 3 nitrogen and oxygen atoms in total. The van der Waals surface area contributed by atoms with Crippen LogP contribution in [0.15, 0.2) is 24.3 Å². The summed E-state index contributed by atoms with van der Waals surface area (Å²) in [7, 11) is 0. The van der Waals surface area contributed by atoms with Gasteiger partial charge in [0.05, 0.1) is 18.8 Å². The summed E-state index contributed by atoms with van der Waals surface area (Å²) in [5.74, 6) is 1.02. The van der Waals surface area contributed by atoms with Gasteiger partial charge in [-0.3, -0.25) is 0 Å². The number of hydrogen-bond acceptors (Lipinski definition) is 3. The van der Waals surface area contributed by atoms with Crippen LogP contribution in [0.2, 0.25) is 0 Å². The van der Waals surface area contributed by atoms with Gasteiger partial charge in [-0.25, -0.2) is 0 Å². The molecule has 2 saturated heterocycles. The maximum atomic E-state index is 6.19. The summed E-state index contributed by atoms with van der Waals surface area (Å²) in [5, 5.41) is 0. The lowest BCUT2D eigenvalue weighted by Crippen LogP contribution is -2.28. The molecule has 0 aromatic heterocycles. The van der Waals surface area contributed by atoms with E-state index in [1.807, 2.05) is 6.07 Å². The number of hydrogen-bond donors (Lipinski definition) is 0. The van der Waals surface area contributed by atoms with E-state index in [9.17, 15) is 0 Å². The van der Waals surface area contributed by atoms with E-state index in [-0.39, 0.29) is 6.10 Å². The quantitative estimate of drug-likeness (QED) is 0.765. The van der Waals surface area contributed by atoms with E-state index in [4.69, 9.17) is 14.2 Å². The van der Waals surface area contributed by atoms with E-state index < -0.39 is 0 Å². The van der Waals surface area contributed by atoms with Gasteiger partial charge < -0.3 is 14.2 Å². The molecule has 0 spiro atoms. The fourth-order valence-corrected chi connectivity index (χ4v) is 2.91. The Morgan fingerprint density at radius 3 is 3.00 bits per heavy atom. The molecule has 2 heterocycles. The van der Waals surface area contributed by atoms with Crippen LogP contribution in [-0.2, 0) is 15.9 Å². The highest BCUT2D eigenvalue weighted by Gasteiger charge is 2.48. The third kappa shape index (κ3) is 2.13. The molecule has 4 atom stereocenters. The molecule has 3 fully saturated rings. The SMILES string of the molecule is c1ccc(OC2CCCC3OC23)c(CC2CO2)c1. The lowest BCUT2D eigenvalue weighted by molar-refractivity contribution is 0.147. The monoisotopic (exact) mass is 246 g/mol. The molecule has 1 aromatic rings. The van der Waals surface area contributed by atoms with E-state index in [1.165, 1.54) is 18.4 Å². The summed E-state index contributed by atoms with van der Waals surface area (Å²) in [6.45, 7) is 0.894. The van der Waals surface area contributed by atoms with Gasteiger partial charge in [0.25, 0.3) is 0 Å². The predicted molar refractivity (Wildman–Crippen MR) is 66.8 cm³/mol. The highest BCUT2D eigenvalue weighted by atomic mass is 16.6. The van der Waals surface area contributed by atoms with Crippen molar-refractivity contribution in [1.29, 1.82) is 0 Å². The van der Waals surface area contributed by atoms with E-state index in [2.05, 4.69) is 18.2 Å². The second-order valence-electron chi connectivity index (χ2n) is 5.49. The van der Waals surface area contributed by atoms with Crippen LogP contribution >= 0.6 is 0 Å². The molecule has 1 aliphatic carbocycles. The first kappa shape index (κ1) is 10.8. The highest BCUT2D eigenvalue weighted by Crippen LogP contribution is 2.39. The lowest BCUT2D eigenvalue weighted by atomic mass is 9.97. The van der Waals surface area contributed by atoms with Gasteiger partial charge >= 0.3 is 0 Å². The Balaban J connectivity index is 1.49. The minimum absolute atomic E-state index is 0.255. The number of ether oxygens (including phenoxy) is 3. The largest absolute Gasteiger partial charge is 0.487 e. The van der Waals surface area contributed by atoms with Crippen LogP contribution in [-0.4, -0.2) is 31.0 Å². The third-order valence-corrected chi connectivity index (χ3v) is 4.07. The van der Waals surface area contributed by atoms with Crippen LogP contribution in [0.1, 0.15) is 24.8 Å². The highest BCUT2D eigenvalue weighted by molar-refractivity contribution is 5.34. The van der Waals surface area contributed by atoms with E-state index in [0.29, 0.717) is 18.3 Å². The first-order chi connectivity index (χ1) is 8.90. The molecule has 1 saturated carbocycles. The van der Waals surface area contributed by atoms with Crippen molar-refractivity contribution in [2.75, 3.05) is 6.61 Å². The average Bonchev–Trinajstić information content (AvgIpc) is 3.24. The van der Waals surface area contributed by atoms with E-state index in [0.717, 1.165) is 25.2 Å². The zero-order valence-electron chi connectivity index (χ0n) is 10.4. The molecule has 4 rings (SSSR count). The number of para-hydroxylation sites is 1. The Kier molecular flexibility index (Phi) is 2.55. The summed E-state index contributed by atoms with van der Waals surface area (Å²) in [6.07, 6.45) is 6.01. The van der Waals surface area contributed by atoms with Gasteiger partial charge in [0.1, 0.15) is 18.0 Å². The smallest absolute Gasteiger partial charge is 0.127 e. The van der Waals surface area contributed by atoms with Gasteiger partial charge in [-0.05, 0) is 30.9 Å². The van der Waals surface area contributed by atoms with Crippen molar-refractivity contribution in [3.05, 3.63) is 29.8 Å². The molecule has 2 aliphatic heterocycles. The molecule has 0 N–H and O–H groups in total. The van der Waals surface area contributed by atoms with Crippen LogP contribution in [0.5, 0.6) is 5.75 Å². The molecule has 18 heavy (non-hydrogen) atoms. The van der Waals surface area contributed by atoms with Crippen molar-refractivity contribution >= 4 is 0 Å². The Bertz CT molecular complexity index is 441. The zero-order valence-corrected chi connectivity index (χ0v) is 10.4. The zero-order chi connectivity index (χ0) is 11.9. The Hall–Kier alpha value is -1.06. The Labute approximate surface area is 107 Å². The predicted octanol–water partition coefficient (Wildman–Crippen LogP) is 2.33. The van der Waals surface area contributed by atoms with E-state index >= 15 is 0 Å². The fourth-order valence-electron chi connectivity index (χ4n) is 2.91. The topological polar surface area (TPSA) is 34.3 Å². The summed E-state index contributed by atoms with van der Waals surface area (Å²) in [4.78, 5) is 0. The Morgan fingerprint density at radius 2 is 2.11 bits per heavy atom. The second kappa shape index (κ2) is 4.25. The number of rotatable bonds is 4. The Morgan fingerprint density at radius 1 is 1.22 bits per heavy atom. The standard InChI is InChI=1S/C15H18O3/c1-2-5-12(10(4-1)8-11-9-16-11)17-13-6-3-7-14-15(13)18-14/h1-2,4-5,11,13-15H,3,6-9H2. The van der Waals surface area contributed by atoms with Crippen molar-refractivity contribution in [3.63, 3.8) is 0 Å². The van der Waals surface area contributed by atoms with Crippen LogP contribution < -0.4 is 4.74 Å². The van der Waals surface area contributed by atoms with Crippen LogP contribution in [0, 0.1) is 0 Å². The fraction of sp³-hybridized carbons (Fsp3) is 0.600. The van der Waals surface area contributed by atoms with Crippen molar-refractivity contribution < 1.29 is 14.2 Å². The molecule has 0 amide bonds. The number of epoxide rings is 2. The normalized spacial score (nSPS) is 36.9. The first-order valence-electron chi connectivity index (χ1n) is 6.92. The second-order valence-corrected chi connectivity index (χ2v) is 5.49. The molecule has 3 heteroatoms. The molecule has 3 aliphatic rings. The molecule has 0 radical (unpaired) electrons. The lowest BCUT2D eigenvalue weighted by Gasteiger charge is -2.21. The van der Waals surface area contributed by atoms with Crippen LogP contribution in [0.4, 0.5) is 0 Å². The molecular weight excluding hydrogens is 228 g/mol. The minimum Gasteiger partial charge on any atom is -0.487 e. The first-order valence-corrected chi connectivity index (χ1v) is 6.92. The van der Waals surface area contributed by atoms with Crippen molar-refractivity contribution in [2.24, 2.45) is 0 Å². The molecule has 96 valence electrons. The summed E-state index contributed by atoms with van der Waals surface area (Å²) in [5.41, 5.74) is 1.27. The van der Waals surface area contributed by atoms with E-state index in [1.54, 1.807) is 0 Å².